The lowest BCUT2D eigenvalue weighted by molar-refractivity contribution is 0.0279. The third-order valence-electron chi connectivity index (χ3n) is 11.4. The Morgan fingerprint density at radius 3 is 1.53 bits per heavy atom. The molecule has 1 aliphatic heterocycles. The Morgan fingerprint density at radius 1 is 0.673 bits per heavy atom. The average Bonchev–Trinajstić information content (AvgIpc) is 3.17. The molecule has 55 heavy (non-hydrogen) atoms. The van der Waals surface area contributed by atoms with E-state index in [0.717, 1.165) is 38.0 Å². The average molecular weight is 786 g/mol. The molecule has 1 saturated heterocycles. The SMILES string of the molecule is CC(C)(C)[Si](OC[C@H]1C[C@@H](O[Si](c2ccccc2)(c2ccccc2)C(C)(C)C)CCN1CCc1ccc(NC(N)=S)cc1)(c1ccccc1)c1ccccc1. The number of rotatable bonds is 13. The number of nitrogens with zero attached hydrogens (tertiary/aromatic N) is 1. The first kappa shape index (κ1) is 40.8. The van der Waals surface area contributed by atoms with Crippen LogP contribution in [0.25, 0.3) is 0 Å². The lowest BCUT2D eigenvalue weighted by atomic mass is 9.99. The summed E-state index contributed by atoms with van der Waals surface area (Å²) in [7, 11) is -5.51. The summed E-state index contributed by atoms with van der Waals surface area (Å²) in [4.78, 5) is 2.67. The van der Waals surface area contributed by atoms with Crippen molar-refractivity contribution in [2.75, 3.05) is 25.0 Å². The van der Waals surface area contributed by atoms with Gasteiger partial charge in [-0.2, -0.15) is 0 Å². The molecule has 5 aromatic carbocycles. The predicted molar refractivity (Wildman–Crippen MR) is 241 cm³/mol. The second kappa shape index (κ2) is 17.5. The molecule has 3 N–H and O–H groups in total. The van der Waals surface area contributed by atoms with E-state index in [2.05, 4.69) is 197 Å². The maximum atomic E-state index is 7.81. The van der Waals surface area contributed by atoms with Crippen LogP contribution in [0.5, 0.6) is 0 Å². The van der Waals surface area contributed by atoms with Crippen LogP contribution in [0.3, 0.4) is 0 Å². The van der Waals surface area contributed by atoms with Gasteiger partial charge in [-0.15, -0.1) is 0 Å². The Morgan fingerprint density at radius 2 is 1.11 bits per heavy atom. The summed E-state index contributed by atoms with van der Waals surface area (Å²) in [6.45, 7) is 16.7. The van der Waals surface area contributed by atoms with Gasteiger partial charge in [-0.25, -0.2) is 0 Å². The summed E-state index contributed by atoms with van der Waals surface area (Å²) in [6, 6.07) is 52.8. The Kier molecular flexibility index (Phi) is 13.0. The minimum Gasteiger partial charge on any atom is -0.406 e. The van der Waals surface area contributed by atoms with E-state index in [1.54, 1.807) is 0 Å². The first-order chi connectivity index (χ1) is 26.3. The minimum absolute atomic E-state index is 0.0840. The number of thiocarbonyl (C=S) groups is 1. The van der Waals surface area contributed by atoms with Crippen molar-refractivity contribution < 1.29 is 8.85 Å². The highest BCUT2D eigenvalue weighted by atomic mass is 32.1. The first-order valence-electron chi connectivity index (χ1n) is 19.8. The fraction of sp³-hybridized carbons (Fsp3) is 0.340. The molecule has 0 spiro atoms. The third-order valence-corrected chi connectivity index (χ3v) is 21.6. The van der Waals surface area contributed by atoms with Crippen LogP contribution >= 0.6 is 12.2 Å². The summed E-state index contributed by atoms with van der Waals surface area (Å²) in [5, 5.41) is 8.38. The monoisotopic (exact) mass is 785 g/mol. The summed E-state index contributed by atoms with van der Waals surface area (Å²) in [5.41, 5.74) is 7.92. The van der Waals surface area contributed by atoms with Crippen molar-refractivity contribution in [2.45, 2.75) is 83.0 Å². The molecule has 0 saturated carbocycles. The lowest BCUT2D eigenvalue weighted by Gasteiger charge is -2.49. The van der Waals surface area contributed by atoms with E-state index in [4.69, 9.17) is 26.8 Å². The van der Waals surface area contributed by atoms with E-state index in [9.17, 15) is 0 Å². The zero-order chi connectivity index (χ0) is 39.1. The number of nitrogens with one attached hydrogen (secondary N) is 1. The normalized spacial score (nSPS) is 17.1. The van der Waals surface area contributed by atoms with Gasteiger partial charge in [-0.1, -0.05) is 175 Å². The number of likely N-dealkylation sites (tertiary alicyclic amines) is 1. The van der Waals surface area contributed by atoms with Gasteiger partial charge in [0.1, 0.15) is 0 Å². The van der Waals surface area contributed by atoms with Crippen LogP contribution in [0.1, 0.15) is 59.9 Å². The number of benzene rings is 5. The smallest absolute Gasteiger partial charge is 0.261 e. The molecular weight excluding hydrogens is 727 g/mol. The number of anilines is 1. The fourth-order valence-corrected chi connectivity index (χ4v) is 18.2. The van der Waals surface area contributed by atoms with Crippen molar-refractivity contribution in [3.63, 3.8) is 0 Å². The van der Waals surface area contributed by atoms with Gasteiger partial charge >= 0.3 is 0 Å². The molecular formula is C47H59N3O2SSi2. The number of hydrogen-bond donors (Lipinski definition) is 2. The molecule has 0 unspecified atom stereocenters. The molecule has 0 aliphatic carbocycles. The van der Waals surface area contributed by atoms with Gasteiger partial charge in [0.2, 0.25) is 0 Å². The number of nitrogens with two attached hydrogens (primary N) is 1. The van der Waals surface area contributed by atoms with Gasteiger partial charge in [-0.3, -0.25) is 4.90 Å². The predicted octanol–water partition coefficient (Wildman–Crippen LogP) is 7.87. The second-order valence-corrected chi connectivity index (χ2v) is 26.0. The zero-order valence-corrected chi connectivity index (χ0v) is 36.3. The molecule has 0 amide bonds. The Balaban J connectivity index is 1.36. The van der Waals surface area contributed by atoms with Crippen LogP contribution in [-0.4, -0.2) is 58.5 Å². The van der Waals surface area contributed by atoms with Crippen molar-refractivity contribution >= 4 is 60.4 Å². The van der Waals surface area contributed by atoms with Crippen molar-refractivity contribution in [3.8, 4) is 0 Å². The third kappa shape index (κ3) is 9.06. The van der Waals surface area contributed by atoms with Gasteiger partial charge in [0, 0.05) is 30.9 Å². The molecule has 0 bridgehead atoms. The highest BCUT2D eigenvalue weighted by Gasteiger charge is 2.53. The topological polar surface area (TPSA) is 59.8 Å². The van der Waals surface area contributed by atoms with Crippen molar-refractivity contribution in [2.24, 2.45) is 5.73 Å². The van der Waals surface area contributed by atoms with Gasteiger partial charge in [0.25, 0.3) is 16.6 Å². The molecule has 5 aromatic rings. The maximum Gasteiger partial charge on any atom is 0.261 e. The van der Waals surface area contributed by atoms with Crippen molar-refractivity contribution in [1.29, 1.82) is 0 Å². The summed E-state index contributed by atoms with van der Waals surface area (Å²) in [6.07, 6.45) is 2.89. The van der Waals surface area contributed by atoms with Crippen LogP contribution in [0.15, 0.2) is 146 Å². The highest BCUT2D eigenvalue weighted by molar-refractivity contribution is 7.80. The van der Waals surface area contributed by atoms with Gasteiger partial charge < -0.3 is 19.9 Å². The summed E-state index contributed by atoms with van der Waals surface area (Å²) in [5.74, 6) is 0. The summed E-state index contributed by atoms with van der Waals surface area (Å²) < 4.78 is 15.5. The van der Waals surface area contributed by atoms with Gasteiger partial charge in [0.15, 0.2) is 5.11 Å². The highest BCUT2D eigenvalue weighted by Crippen LogP contribution is 2.40. The molecule has 0 aromatic heterocycles. The minimum atomic E-state index is -2.76. The van der Waals surface area contributed by atoms with Gasteiger partial charge in [-0.05, 0) is 80.0 Å². The fourth-order valence-electron chi connectivity index (χ4n) is 8.73. The van der Waals surface area contributed by atoms with E-state index in [1.165, 1.54) is 26.3 Å². The first-order valence-corrected chi connectivity index (χ1v) is 24.0. The molecule has 1 heterocycles. The molecule has 8 heteroatoms. The van der Waals surface area contributed by atoms with E-state index in [0.29, 0.717) is 6.61 Å². The van der Waals surface area contributed by atoms with E-state index in [1.807, 2.05) is 0 Å². The van der Waals surface area contributed by atoms with E-state index < -0.39 is 16.6 Å². The van der Waals surface area contributed by atoms with Crippen molar-refractivity contribution in [1.82, 2.24) is 4.90 Å². The zero-order valence-electron chi connectivity index (χ0n) is 33.5. The Labute approximate surface area is 337 Å². The number of hydrogen-bond acceptors (Lipinski definition) is 4. The van der Waals surface area contributed by atoms with Crippen LogP contribution < -0.4 is 31.8 Å². The molecule has 288 valence electrons. The van der Waals surface area contributed by atoms with Crippen molar-refractivity contribution in [3.05, 3.63) is 151 Å². The second-order valence-electron chi connectivity index (χ2n) is 17.0. The van der Waals surface area contributed by atoms with E-state index >= 15 is 0 Å². The van der Waals surface area contributed by atoms with Crippen LogP contribution in [-0.2, 0) is 15.3 Å². The van der Waals surface area contributed by atoms with Crippen LogP contribution in [0, 0.1) is 0 Å². The number of piperidine rings is 1. The van der Waals surface area contributed by atoms with E-state index in [-0.39, 0.29) is 27.3 Å². The molecule has 0 radical (unpaired) electrons. The van der Waals surface area contributed by atoms with Gasteiger partial charge in [0.05, 0.1) is 6.61 Å². The van der Waals surface area contributed by atoms with Crippen LogP contribution in [0.4, 0.5) is 5.69 Å². The van der Waals surface area contributed by atoms with Crippen LogP contribution in [0.2, 0.25) is 10.1 Å². The molecule has 5 nitrogen and oxygen atoms in total. The molecule has 1 fully saturated rings. The molecule has 6 rings (SSSR count). The largest absolute Gasteiger partial charge is 0.406 e. The molecule has 1 aliphatic rings. The lowest BCUT2D eigenvalue weighted by Crippen LogP contribution is -2.69. The molecule has 2 atom stereocenters. The maximum absolute atomic E-state index is 7.81. The standard InChI is InChI=1S/C47H59N3O2SSi2/c1-46(2,3)54(41-19-11-7-12-20-41,42-21-13-8-14-22-42)51-36-39-35-40(32-34-50(39)33-31-37-27-29-38(30-28-37)49-45(48)53)52-55(47(4,5)6,43-23-15-9-16-24-43)44-25-17-10-18-26-44/h7-30,39-40H,31-36H2,1-6H3,(H3,48,49,53)/t39-,40+/m1/s1. The Bertz CT molecular complexity index is 1870. The Hall–Kier alpha value is -3.90. The quantitative estimate of drug-likeness (QED) is 0.0937. The summed E-state index contributed by atoms with van der Waals surface area (Å²) >= 11 is 5.06.